The van der Waals surface area contributed by atoms with Crippen LogP contribution in [0, 0.1) is 27.3 Å². The maximum Gasteiger partial charge on any atom is 0.307 e. The van der Waals surface area contributed by atoms with Crippen LogP contribution >= 0.6 is 11.6 Å². The topological polar surface area (TPSA) is 96.0 Å². The Bertz CT molecular complexity index is 651. The Kier molecular flexibility index (Phi) is 4.09. The van der Waals surface area contributed by atoms with E-state index < -0.39 is 32.9 Å². The van der Waals surface area contributed by atoms with Crippen molar-refractivity contribution in [3.8, 4) is 6.07 Å². The lowest BCUT2D eigenvalue weighted by atomic mass is 9.99. The highest BCUT2D eigenvalue weighted by molar-refractivity contribution is 6.31. The molecule has 0 bridgehead atoms. The van der Waals surface area contributed by atoms with Crippen molar-refractivity contribution in [3.05, 3.63) is 38.7 Å². The normalized spacial score (nSPS) is 16.2. The average molecular weight is 312 g/mol. The van der Waals surface area contributed by atoms with Gasteiger partial charge in [-0.15, -0.1) is 0 Å². The molecule has 8 heteroatoms. The lowest BCUT2D eigenvalue weighted by Crippen LogP contribution is -2.45. The largest absolute Gasteiger partial charge is 0.334 e. The minimum Gasteiger partial charge on any atom is -0.334 e. The molecule has 6 nitrogen and oxygen atoms in total. The summed E-state index contributed by atoms with van der Waals surface area (Å²) in [5.74, 6) is -1.86. The molecular weight excluding hydrogens is 301 g/mol. The molecule has 2 rings (SSSR count). The molecule has 0 radical (unpaired) electrons. The van der Waals surface area contributed by atoms with Crippen molar-refractivity contribution >= 4 is 23.2 Å². The summed E-state index contributed by atoms with van der Waals surface area (Å²) in [6, 6.07) is 3.90. The molecule has 1 aliphatic rings. The average Bonchev–Trinajstić information content (AvgIpc) is 2.90. The number of nitrogens with zero attached hydrogens (tertiary/aromatic N) is 2. The van der Waals surface area contributed by atoms with Gasteiger partial charge in [-0.05, 0) is 31.7 Å². The van der Waals surface area contributed by atoms with E-state index in [4.69, 9.17) is 11.6 Å². The minimum atomic E-state index is -1.19. The molecule has 1 saturated carbocycles. The molecule has 0 unspecified atom stereocenters. The fourth-order valence-corrected chi connectivity index (χ4v) is 2.59. The van der Waals surface area contributed by atoms with Crippen LogP contribution in [-0.2, 0) is 0 Å². The Morgan fingerprint density at radius 3 is 2.62 bits per heavy atom. The Hall–Kier alpha value is -2.20. The number of rotatable bonds is 3. The van der Waals surface area contributed by atoms with Crippen molar-refractivity contribution in [2.75, 3.05) is 0 Å². The molecule has 1 amide bonds. The number of nitro benzene ring substituents is 1. The van der Waals surface area contributed by atoms with Crippen LogP contribution in [0.3, 0.4) is 0 Å². The molecule has 1 aromatic carbocycles. The number of benzene rings is 1. The number of nitrogens with one attached hydrogen (secondary N) is 1. The monoisotopic (exact) mass is 311 g/mol. The molecule has 0 atom stereocenters. The summed E-state index contributed by atoms with van der Waals surface area (Å²) < 4.78 is 13.5. The van der Waals surface area contributed by atoms with Crippen molar-refractivity contribution in [1.29, 1.82) is 5.26 Å². The van der Waals surface area contributed by atoms with Gasteiger partial charge in [0.1, 0.15) is 5.54 Å². The van der Waals surface area contributed by atoms with Crippen LogP contribution < -0.4 is 5.32 Å². The van der Waals surface area contributed by atoms with Gasteiger partial charge in [-0.25, -0.2) is 0 Å². The molecule has 0 spiro atoms. The van der Waals surface area contributed by atoms with E-state index in [0.29, 0.717) is 12.8 Å². The number of carbonyl (C=O) groups is 1. The van der Waals surface area contributed by atoms with Crippen molar-refractivity contribution in [2.45, 2.75) is 31.2 Å². The van der Waals surface area contributed by atoms with Crippen LogP contribution in [0.25, 0.3) is 0 Å². The summed E-state index contributed by atoms with van der Waals surface area (Å²) in [7, 11) is 0. The van der Waals surface area contributed by atoms with E-state index in [2.05, 4.69) is 11.4 Å². The van der Waals surface area contributed by atoms with E-state index in [0.717, 1.165) is 25.0 Å². The zero-order valence-corrected chi connectivity index (χ0v) is 11.6. The molecule has 21 heavy (non-hydrogen) atoms. The quantitative estimate of drug-likeness (QED) is 0.685. The van der Waals surface area contributed by atoms with E-state index in [1.165, 1.54) is 0 Å². The number of carbonyl (C=O) groups excluding carboxylic acids is 1. The molecule has 1 fully saturated rings. The maximum absolute atomic E-state index is 13.5. The van der Waals surface area contributed by atoms with E-state index in [1.807, 2.05) is 0 Å². The standard InChI is InChI=1S/C13H11ClFN3O3/c14-9-5-8(6-10(11(9)15)18(20)21)12(19)17-13(7-16)3-1-2-4-13/h5-6H,1-4H2,(H,17,19). The van der Waals surface area contributed by atoms with Crippen LogP contribution in [0.15, 0.2) is 12.1 Å². The molecule has 1 aliphatic carbocycles. The highest BCUT2D eigenvalue weighted by Gasteiger charge is 2.36. The predicted octanol–water partition coefficient (Wildman–Crippen LogP) is 2.95. The smallest absolute Gasteiger partial charge is 0.307 e. The lowest BCUT2D eigenvalue weighted by Gasteiger charge is -2.21. The summed E-state index contributed by atoms with van der Waals surface area (Å²) in [5, 5.41) is 22.0. The number of nitro groups is 1. The second-order valence-corrected chi connectivity index (χ2v) is 5.31. The van der Waals surface area contributed by atoms with Crippen molar-refractivity contribution in [2.24, 2.45) is 0 Å². The number of hydrogen-bond acceptors (Lipinski definition) is 4. The number of hydrogen-bond donors (Lipinski definition) is 1. The van der Waals surface area contributed by atoms with Crippen LogP contribution in [0.5, 0.6) is 0 Å². The van der Waals surface area contributed by atoms with Gasteiger partial charge in [-0.3, -0.25) is 14.9 Å². The first-order valence-electron chi connectivity index (χ1n) is 6.26. The van der Waals surface area contributed by atoms with Gasteiger partial charge in [0, 0.05) is 11.6 Å². The molecule has 0 heterocycles. The van der Waals surface area contributed by atoms with Crippen LogP contribution in [0.2, 0.25) is 5.02 Å². The Labute approximate surface area is 124 Å². The molecule has 1 N–H and O–H groups in total. The second-order valence-electron chi connectivity index (χ2n) is 4.90. The fraction of sp³-hybridized carbons (Fsp3) is 0.385. The third-order valence-corrected chi connectivity index (χ3v) is 3.77. The molecular formula is C13H11ClFN3O3. The van der Waals surface area contributed by atoms with Crippen LogP contribution in [0.4, 0.5) is 10.1 Å². The Morgan fingerprint density at radius 2 is 2.10 bits per heavy atom. The summed E-state index contributed by atoms with van der Waals surface area (Å²) >= 11 is 5.57. The zero-order valence-electron chi connectivity index (χ0n) is 10.9. The number of amides is 1. The van der Waals surface area contributed by atoms with E-state index in [1.54, 1.807) is 0 Å². The van der Waals surface area contributed by atoms with Gasteiger partial charge in [0.15, 0.2) is 0 Å². The van der Waals surface area contributed by atoms with Gasteiger partial charge in [-0.1, -0.05) is 11.6 Å². The van der Waals surface area contributed by atoms with Crippen LogP contribution in [0.1, 0.15) is 36.0 Å². The first kappa shape index (κ1) is 15.2. The molecule has 1 aromatic rings. The minimum absolute atomic E-state index is 0.144. The van der Waals surface area contributed by atoms with Crippen LogP contribution in [-0.4, -0.2) is 16.4 Å². The van der Waals surface area contributed by atoms with Gasteiger partial charge in [-0.2, -0.15) is 9.65 Å². The first-order chi connectivity index (χ1) is 9.88. The Morgan fingerprint density at radius 1 is 1.48 bits per heavy atom. The Balaban J connectivity index is 2.32. The number of halogens is 2. The zero-order chi connectivity index (χ0) is 15.6. The summed E-state index contributed by atoms with van der Waals surface area (Å²) in [5.41, 5.74) is -1.98. The molecule has 110 valence electrons. The van der Waals surface area contributed by atoms with Gasteiger partial charge < -0.3 is 5.32 Å². The summed E-state index contributed by atoms with van der Waals surface area (Å²) in [4.78, 5) is 21.9. The third kappa shape index (κ3) is 2.95. The predicted molar refractivity (Wildman–Crippen MR) is 72.3 cm³/mol. The summed E-state index contributed by atoms with van der Waals surface area (Å²) in [6.45, 7) is 0. The number of nitriles is 1. The summed E-state index contributed by atoms with van der Waals surface area (Å²) in [6.07, 6.45) is 2.68. The fourth-order valence-electron chi connectivity index (χ4n) is 2.37. The first-order valence-corrected chi connectivity index (χ1v) is 6.63. The van der Waals surface area contributed by atoms with Crippen molar-refractivity contribution < 1.29 is 14.1 Å². The van der Waals surface area contributed by atoms with Gasteiger partial charge >= 0.3 is 5.69 Å². The lowest BCUT2D eigenvalue weighted by molar-refractivity contribution is -0.387. The molecule has 0 aliphatic heterocycles. The molecule has 0 aromatic heterocycles. The van der Waals surface area contributed by atoms with E-state index in [-0.39, 0.29) is 5.56 Å². The van der Waals surface area contributed by atoms with Gasteiger partial charge in [0.05, 0.1) is 16.0 Å². The van der Waals surface area contributed by atoms with Crippen molar-refractivity contribution in [1.82, 2.24) is 5.32 Å². The van der Waals surface area contributed by atoms with Gasteiger partial charge in [0.25, 0.3) is 5.91 Å². The third-order valence-electron chi connectivity index (χ3n) is 3.49. The van der Waals surface area contributed by atoms with E-state index in [9.17, 15) is 24.6 Å². The molecule has 0 saturated heterocycles. The second kappa shape index (κ2) is 5.66. The highest BCUT2D eigenvalue weighted by Crippen LogP contribution is 2.30. The SMILES string of the molecule is N#CC1(NC(=O)c2cc(Cl)c(F)c([N+](=O)[O-])c2)CCCC1. The highest BCUT2D eigenvalue weighted by atomic mass is 35.5. The maximum atomic E-state index is 13.5. The van der Waals surface area contributed by atoms with Gasteiger partial charge in [0.2, 0.25) is 5.82 Å². The van der Waals surface area contributed by atoms with E-state index >= 15 is 0 Å². The van der Waals surface area contributed by atoms with Crippen molar-refractivity contribution in [3.63, 3.8) is 0 Å².